The third-order valence-electron chi connectivity index (χ3n) is 4.39. The molecule has 7 heteroatoms. The summed E-state index contributed by atoms with van der Waals surface area (Å²) in [7, 11) is 0. The number of nitrogens with two attached hydrogens (primary N) is 1. The van der Waals surface area contributed by atoms with Gasteiger partial charge in [-0.1, -0.05) is 23.5 Å². The molecule has 2 aromatic heterocycles. The topological polar surface area (TPSA) is 93.8 Å². The number of aromatic nitrogens is 3. The first kappa shape index (κ1) is 18.0. The van der Waals surface area contributed by atoms with Crippen LogP contribution in [0, 0.1) is 20.8 Å². The largest absolute Gasteiger partial charge is 0.374 e. The number of hydrogen-bond acceptors (Lipinski definition) is 6. The van der Waals surface area contributed by atoms with Crippen molar-refractivity contribution in [2.45, 2.75) is 33.7 Å². The molecule has 0 aliphatic rings. The molecule has 3 N–H and O–H groups in total. The molecule has 0 radical (unpaired) electrons. The van der Waals surface area contributed by atoms with Crippen LogP contribution < -0.4 is 11.1 Å². The first-order chi connectivity index (χ1) is 12.3. The summed E-state index contributed by atoms with van der Waals surface area (Å²) in [5.41, 5.74) is 11.5. The number of carbonyl (C=O) groups excluding carboxylic acids is 1. The Labute approximate surface area is 156 Å². The van der Waals surface area contributed by atoms with Gasteiger partial charge in [-0.25, -0.2) is 0 Å². The number of nitrogen functional groups attached to an aromatic ring is 1. The van der Waals surface area contributed by atoms with Crippen LogP contribution in [-0.4, -0.2) is 21.1 Å². The number of hydrogen-bond donors (Lipinski definition) is 2. The Balaban J connectivity index is 1.76. The van der Waals surface area contributed by atoms with E-state index in [1.807, 2.05) is 26.0 Å². The van der Waals surface area contributed by atoms with E-state index < -0.39 is 0 Å². The maximum Gasteiger partial charge on any atom is 0.251 e. The molecule has 1 unspecified atom stereocenters. The number of pyridine rings is 1. The molecule has 2 heterocycles. The lowest BCUT2D eigenvalue weighted by Gasteiger charge is -2.11. The van der Waals surface area contributed by atoms with Crippen LogP contribution in [0.2, 0.25) is 0 Å². The summed E-state index contributed by atoms with van der Waals surface area (Å²) in [4.78, 5) is 17.1. The second kappa shape index (κ2) is 7.21. The number of carbonyl (C=O) groups is 1. The van der Waals surface area contributed by atoms with E-state index in [1.165, 1.54) is 22.5 Å². The van der Waals surface area contributed by atoms with E-state index in [-0.39, 0.29) is 11.9 Å². The zero-order valence-electron chi connectivity index (χ0n) is 15.2. The Kier molecular flexibility index (Phi) is 4.99. The molecule has 26 heavy (non-hydrogen) atoms. The number of nitrogens with zero attached hydrogens (tertiary/aromatic N) is 3. The summed E-state index contributed by atoms with van der Waals surface area (Å²) in [6.45, 7) is 8.02. The molecule has 1 amide bonds. The van der Waals surface area contributed by atoms with Crippen molar-refractivity contribution in [2.24, 2.45) is 0 Å². The summed E-state index contributed by atoms with van der Waals surface area (Å²) >= 11 is 1.27. The highest BCUT2D eigenvalue weighted by Crippen LogP contribution is 2.23. The van der Waals surface area contributed by atoms with Gasteiger partial charge in [0, 0.05) is 16.8 Å². The van der Waals surface area contributed by atoms with Crippen LogP contribution in [0.4, 0.5) is 5.13 Å². The first-order valence-electron chi connectivity index (χ1n) is 8.30. The minimum atomic E-state index is -0.249. The standard InChI is InChI=1S/C19H21N5OS/c1-10-9-16(21-12(3)11(10)2)14-5-7-15(8-6-14)17(25)22-13(4)18-23-24-19(20)26-18/h5-9,13H,1-4H3,(H2,20,24)(H,22,25). The molecule has 0 saturated heterocycles. The lowest BCUT2D eigenvalue weighted by Crippen LogP contribution is -2.26. The Hall–Kier alpha value is -2.80. The maximum atomic E-state index is 12.4. The predicted molar refractivity (Wildman–Crippen MR) is 104 cm³/mol. The molecule has 1 atom stereocenters. The summed E-state index contributed by atoms with van der Waals surface area (Å²) in [5.74, 6) is -0.165. The zero-order chi connectivity index (χ0) is 18.8. The van der Waals surface area contributed by atoms with Gasteiger partial charge in [0.1, 0.15) is 5.01 Å². The molecule has 1 aromatic carbocycles. The highest BCUT2D eigenvalue weighted by molar-refractivity contribution is 7.15. The van der Waals surface area contributed by atoms with Crippen molar-refractivity contribution >= 4 is 22.4 Å². The highest BCUT2D eigenvalue weighted by Gasteiger charge is 2.15. The Bertz CT molecular complexity index is 926. The van der Waals surface area contributed by atoms with Crippen LogP contribution in [0.1, 0.15) is 45.2 Å². The van der Waals surface area contributed by atoms with E-state index in [4.69, 9.17) is 5.73 Å². The number of nitrogens with one attached hydrogen (secondary N) is 1. The average Bonchev–Trinajstić information content (AvgIpc) is 3.06. The molecule has 0 bridgehead atoms. The highest BCUT2D eigenvalue weighted by atomic mass is 32.1. The van der Waals surface area contributed by atoms with Crippen molar-refractivity contribution in [2.75, 3.05) is 5.73 Å². The molecular formula is C19H21N5OS. The molecule has 3 rings (SSSR count). The maximum absolute atomic E-state index is 12.4. The van der Waals surface area contributed by atoms with Crippen molar-refractivity contribution in [3.8, 4) is 11.3 Å². The molecule has 0 aliphatic heterocycles. The smallest absolute Gasteiger partial charge is 0.251 e. The molecular weight excluding hydrogens is 346 g/mol. The predicted octanol–water partition coefficient (Wildman–Crippen LogP) is 3.60. The van der Waals surface area contributed by atoms with Gasteiger partial charge < -0.3 is 11.1 Å². The first-order valence-corrected chi connectivity index (χ1v) is 9.12. The van der Waals surface area contributed by atoms with Crippen LogP contribution in [0.25, 0.3) is 11.3 Å². The van der Waals surface area contributed by atoms with Gasteiger partial charge in [-0.05, 0) is 57.0 Å². The molecule has 6 nitrogen and oxygen atoms in total. The molecule has 3 aromatic rings. The quantitative estimate of drug-likeness (QED) is 0.735. The fourth-order valence-corrected chi connectivity index (χ4v) is 3.21. The van der Waals surface area contributed by atoms with Crippen molar-refractivity contribution in [3.63, 3.8) is 0 Å². The van der Waals surface area contributed by atoms with E-state index >= 15 is 0 Å². The second-order valence-electron chi connectivity index (χ2n) is 6.29. The van der Waals surface area contributed by atoms with Crippen LogP contribution in [0.15, 0.2) is 30.3 Å². The number of amides is 1. The van der Waals surface area contributed by atoms with Crippen LogP contribution in [-0.2, 0) is 0 Å². The third kappa shape index (κ3) is 3.72. The number of aryl methyl sites for hydroxylation is 2. The lowest BCUT2D eigenvalue weighted by molar-refractivity contribution is 0.0939. The Morgan fingerprint density at radius 1 is 1.15 bits per heavy atom. The Morgan fingerprint density at radius 3 is 2.42 bits per heavy atom. The molecule has 134 valence electrons. The fourth-order valence-electron chi connectivity index (χ4n) is 2.60. The third-order valence-corrected chi connectivity index (χ3v) is 5.33. The molecule has 0 saturated carbocycles. The van der Waals surface area contributed by atoms with Gasteiger partial charge in [-0.3, -0.25) is 9.78 Å². The lowest BCUT2D eigenvalue weighted by atomic mass is 10.0. The van der Waals surface area contributed by atoms with E-state index in [0.29, 0.717) is 15.7 Å². The van der Waals surface area contributed by atoms with E-state index in [2.05, 4.69) is 40.4 Å². The second-order valence-corrected chi connectivity index (χ2v) is 7.33. The average molecular weight is 367 g/mol. The van der Waals surface area contributed by atoms with Gasteiger partial charge in [-0.2, -0.15) is 0 Å². The molecule has 0 aliphatic carbocycles. The molecule has 0 fully saturated rings. The summed E-state index contributed by atoms with van der Waals surface area (Å²) in [5, 5.41) is 11.7. The van der Waals surface area contributed by atoms with Crippen molar-refractivity contribution < 1.29 is 4.79 Å². The zero-order valence-corrected chi connectivity index (χ0v) is 16.0. The van der Waals surface area contributed by atoms with Crippen LogP contribution in [0.5, 0.6) is 0 Å². The van der Waals surface area contributed by atoms with Crippen molar-refractivity contribution in [1.82, 2.24) is 20.5 Å². The summed E-state index contributed by atoms with van der Waals surface area (Å²) in [6.07, 6.45) is 0. The van der Waals surface area contributed by atoms with E-state index in [9.17, 15) is 4.79 Å². The number of anilines is 1. The fraction of sp³-hybridized carbons (Fsp3) is 0.263. The molecule has 0 spiro atoms. The normalized spacial score (nSPS) is 12.0. The van der Waals surface area contributed by atoms with Crippen molar-refractivity contribution in [1.29, 1.82) is 0 Å². The van der Waals surface area contributed by atoms with Gasteiger partial charge >= 0.3 is 0 Å². The number of benzene rings is 1. The van der Waals surface area contributed by atoms with Crippen LogP contribution >= 0.6 is 11.3 Å². The van der Waals surface area contributed by atoms with Gasteiger partial charge in [0.05, 0.1) is 11.7 Å². The van der Waals surface area contributed by atoms with E-state index in [1.54, 1.807) is 12.1 Å². The van der Waals surface area contributed by atoms with Gasteiger partial charge in [-0.15, -0.1) is 10.2 Å². The van der Waals surface area contributed by atoms with Crippen molar-refractivity contribution in [3.05, 3.63) is 57.7 Å². The summed E-state index contributed by atoms with van der Waals surface area (Å²) < 4.78 is 0. The van der Waals surface area contributed by atoms with Crippen LogP contribution in [0.3, 0.4) is 0 Å². The van der Waals surface area contributed by atoms with Gasteiger partial charge in [0.25, 0.3) is 5.91 Å². The summed E-state index contributed by atoms with van der Waals surface area (Å²) in [6, 6.07) is 9.26. The minimum Gasteiger partial charge on any atom is -0.374 e. The van der Waals surface area contributed by atoms with Gasteiger partial charge in [0.2, 0.25) is 5.13 Å². The van der Waals surface area contributed by atoms with E-state index in [0.717, 1.165) is 17.0 Å². The minimum absolute atomic E-state index is 0.165. The number of rotatable bonds is 4. The Morgan fingerprint density at radius 2 is 1.85 bits per heavy atom. The SMILES string of the molecule is Cc1cc(-c2ccc(C(=O)NC(C)c3nnc(N)s3)cc2)nc(C)c1C. The van der Waals surface area contributed by atoms with Gasteiger partial charge in [0.15, 0.2) is 0 Å². The monoisotopic (exact) mass is 367 g/mol.